The molecule has 0 spiro atoms. The SMILES string of the molecule is CCC(CC)n1ncc(C(=O)Nc2ccc(N(C)CCO)cc2)c1C. The molecule has 6 nitrogen and oxygen atoms in total. The Labute approximate surface area is 149 Å². The van der Waals surface area contributed by atoms with Crippen LogP contribution in [-0.4, -0.2) is 41.0 Å². The first-order valence-electron chi connectivity index (χ1n) is 8.79. The zero-order valence-electron chi connectivity index (χ0n) is 15.5. The van der Waals surface area contributed by atoms with Gasteiger partial charge in [0.1, 0.15) is 0 Å². The predicted molar refractivity (Wildman–Crippen MR) is 101 cm³/mol. The van der Waals surface area contributed by atoms with Crippen molar-refractivity contribution in [2.75, 3.05) is 30.4 Å². The smallest absolute Gasteiger partial charge is 0.259 e. The highest BCUT2D eigenvalue weighted by Crippen LogP contribution is 2.21. The van der Waals surface area contributed by atoms with E-state index in [1.807, 2.05) is 47.8 Å². The quantitative estimate of drug-likeness (QED) is 0.771. The van der Waals surface area contributed by atoms with Crippen molar-refractivity contribution in [3.05, 3.63) is 41.7 Å². The molecule has 0 atom stereocenters. The Bertz CT molecular complexity index is 690. The van der Waals surface area contributed by atoms with Crippen molar-refractivity contribution < 1.29 is 9.90 Å². The van der Waals surface area contributed by atoms with Crippen LogP contribution in [0.15, 0.2) is 30.5 Å². The number of aliphatic hydroxyl groups is 1. The molecule has 0 fully saturated rings. The summed E-state index contributed by atoms with van der Waals surface area (Å²) in [6.45, 7) is 6.87. The van der Waals surface area contributed by atoms with Crippen molar-refractivity contribution in [2.24, 2.45) is 0 Å². The maximum atomic E-state index is 12.6. The molecule has 0 radical (unpaired) electrons. The van der Waals surface area contributed by atoms with Crippen molar-refractivity contribution in [1.29, 1.82) is 0 Å². The summed E-state index contributed by atoms with van der Waals surface area (Å²) in [4.78, 5) is 14.5. The molecular formula is C19H28N4O2. The molecule has 0 aliphatic rings. The highest BCUT2D eigenvalue weighted by atomic mass is 16.3. The molecule has 0 bridgehead atoms. The number of anilines is 2. The topological polar surface area (TPSA) is 70.4 Å². The Morgan fingerprint density at radius 3 is 2.48 bits per heavy atom. The number of nitrogens with one attached hydrogen (secondary N) is 1. The Morgan fingerprint density at radius 2 is 1.92 bits per heavy atom. The van der Waals surface area contributed by atoms with Gasteiger partial charge in [-0.3, -0.25) is 9.48 Å². The number of benzene rings is 1. The van der Waals surface area contributed by atoms with Gasteiger partial charge in [-0.2, -0.15) is 5.10 Å². The molecular weight excluding hydrogens is 316 g/mol. The summed E-state index contributed by atoms with van der Waals surface area (Å²) >= 11 is 0. The van der Waals surface area contributed by atoms with E-state index in [2.05, 4.69) is 24.3 Å². The number of amides is 1. The van der Waals surface area contributed by atoms with Crippen LogP contribution < -0.4 is 10.2 Å². The third kappa shape index (κ3) is 4.39. The van der Waals surface area contributed by atoms with Gasteiger partial charge >= 0.3 is 0 Å². The van der Waals surface area contributed by atoms with E-state index in [4.69, 9.17) is 5.11 Å². The summed E-state index contributed by atoms with van der Waals surface area (Å²) in [7, 11) is 1.92. The van der Waals surface area contributed by atoms with Crippen LogP contribution in [0, 0.1) is 6.92 Å². The van der Waals surface area contributed by atoms with E-state index in [1.165, 1.54) is 0 Å². The van der Waals surface area contributed by atoms with Gasteiger partial charge in [-0.15, -0.1) is 0 Å². The average Bonchev–Trinajstić information content (AvgIpc) is 2.99. The second kappa shape index (κ2) is 8.67. The van der Waals surface area contributed by atoms with E-state index in [1.54, 1.807) is 6.20 Å². The molecule has 0 saturated carbocycles. The van der Waals surface area contributed by atoms with Crippen LogP contribution in [0.4, 0.5) is 11.4 Å². The molecule has 0 aliphatic heterocycles. The number of carbonyl (C=O) groups excluding carboxylic acids is 1. The zero-order chi connectivity index (χ0) is 18.4. The first-order valence-corrected chi connectivity index (χ1v) is 8.79. The Morgan fingerprint density at radius 1 is 1.28 bits per heavy atom. The van der Waals surface area contributed by atoms with Crippen molar-refractivity contribution >= 4 is 17.3 Å². The Kier molecular flexibility index (Phi) is 6.58. The predicted octanol–water partition coefficient (Wildman–Crippen LogP) is 3.23. The number of likely N-dealkylation sites (N-methyl/N-ethyl adjacent to an activating group) is 1. The first kappa shape index (κ1) is 19.0. The molecule has 2 N–H and O–H groups in total. The summed E-state index contributed by atoms with van der Waals surface area (Å²) in [6.07, 6.45) is 3.62. The molecule has 0 unspecified atom stereocenters. The summed E-state index contributed by atoms with van der Waals surface area (Å²) in [5, 5.41) is 16.3. The Hall–Kier alpha value is -2.34. The minimum atomic E-state index is -0.147. The van der Waals surface area contributed by atoms with Crippen LogP contribution in [-0.2, 0) is 0 Å². The number of rotatable bonds is 8. The number of hydrogen-bond acceptors (Lipinski definition) is 4. The van der Waals surface area contributed by atoms with Crippen molar-refractivity contribution in [2.45, 2.75) is 39.7 Å². The summed E-state index contributed by atoms with van der Waals surface area (Å²) in [6, 6.07) is 7.89. The number of aliphatic hydroxyl groups excluding tert-OH is 1. The van der Waals surface area contributed by atoms with Crippen molar-refractivity contribution in [1.82, 2.24) is 9.78 Å². The van der Waals surface area contributed by atoms with Gasteiger partial charge in [0.25, 0.3) is 5.91 Å². The maximum absolute atomic E-state index is 12.6. The lowest BCUT2D eigenvalue weighted by molar-refractivity contribution is 0.102. The zero-order valence-corrected chi connectivity index (χ0v) is 15.5. The third-order valence-corrected chi connectivity index (χ3v) is 4.58. The third-order valence-electron chi connectivity index (χ3n) is 4.58. The Balaban J connectivity index is 2.10. The van der Waals surface area contributed by atoms with E-state index >= 15 is 0 Å². The van der Waals surface area contributed by atoms with Gasteiger partial charge in [-0.1, -0.05) is 13.8 Å². The number of nitrogens with zero attached hydrogens (tertiary/aromatic N) is 3. The molecule has 1 amide bonds. The maximum Gasteiger partial charge on any atom is 0.259 e. The highest BCUT2D eigenvalue weighted by Gasteiger charge is 2.18. The van der Waals surface area contributed by atoms with Gasteiger partial charge in [0.15, 0.2) is 0 Å². The normalized spacial score (nSPS) is 11.0. The van der Waals surface area contributed by atoms with E-state index in [0.717, 1.165) is 29.9 Å². The molecule has 25 heavy (non-hydrogen) atoms. The lowest BCUT2D eigenvalue weighted by Crippen LogP contribution is -2.21. The van der Waals surface area contributed by atoms with Gasteiger partial charge in [0, 0.05) is 30.7 Å². The van der Waals surface area contributed by atoms with Crippen LogP contribution in [0.5, 0.6) is 0 Å². The highest BCUT2D eigenvalue weighted by molar-refractivity contribution is 6.04. The van der Waals surface area contributed by atoms with Crippen LogP contribution in [0.2, 0.25) is 0 Å². The monoisotopic (exact) mass is 344 g/mol. The molecule has 1 aromatic heterocycles. The molecule has 1 aromatic carbocycles. The molecule has 6 heteroatoms. The summed E-state index contributed by atoms with van der Waals surface area (Å²) in [5.41, 5.74) is 3.23. The molecule has 2 aromatic rings. The largest absolute Gasteiger partial charge is 0.395 e. The second-order valence-corrected chi connectivity index (χ2v) is 6.20. The minimum absolute atomic E-state index is 0.106. The van der Waals surface area contributed by atoms with Gasteiger partial charge in [-0.25, -0.2) is 0 Å². The fourth-order valence-corrected chi connectivity index (χ4v) is 2.93. The van der Waals surface area contributed by atoms with E-state index in [0.29, 0.717) is 18.2 Å². The second-order valence-electron chi connectivity index (χ2n) is 6.20. The minimum Gasteiger partial charge on any atom is -0.395 e. The van der Waals surface area contributed by atoms with Crippen LogP contribution >= 0.6 is 0 Å². The van der Waals surface area contributed by atoms with Gasteiger partial charge in [-0.05, 0) is 44.0 Å². The standard InChI is InChI=1S/C19H28N4O2/c1-5-16(6-2)23-14(3)18(13-20-23)19(25)21-15-7-9-17(10-8-15)22(4)11-12-24/h7-10,13,16,24H,5-6,11-12H2,1-4H3,(H,21,25). The van der Waals surface area contributed by atoms with E-state index < -0.39 is 0 Å². The lowest BCUT2D eigenvalue weighted by atomic mass is 10.1. The van der Waals surface area contributed by atoms with Crippen LogP contribution in [0.25, 0.3) is 0 Å². The number of hydrogen-bond donors (Lipinski definition) is 2. The molecule has 0 saturated heterocycles. The van der Waals surface area contributed by atoms with Gasteiger partial charge < -0.3 is 15.3 Å². The fourth-order valence-electron chi connectivity index (χ4n) is 2.93. The number of aromatic nitrogens is 2. The first-order chi connectivity index (χ1) is 12.0. The fraction of sp³-hybridized carbons (Fsp3) is 0.474. The van der Waals surface area contributed by atoms with Gasteiger partial charge in [0.2, 0.25) is 0 Å². The number of carbonyl (C=O) groups is 1. The lowest BCUT2D eigenvalue weighted by Gasteiger charge is -2.18. The summed E-state index contributed by atoms with van der Waals surface area (Å²) in [5.74, 6) is -0.147. The average molecular weight is 344 g/mol. The molecule has 0 aliphatic carbocycles. The van der Waals surface area contributed by atoms with Crippen LogP contribution in [0.3, 0.4) is 0 Å². The molecule has 1 heterocycles. The van der Waals surface area contributed by atoms with Crippen molar-refractivity contribution in [3.63, 3.8) is 0 Å². The molecule has 136 valence electrons. The van der Waals surface area contributed by atoms with E-state index in [-0.39, 0.29) is 12.5 Å². The van der Waals surface area contributed by atoms with Crippen molar-refractivity contribution in [3.8, 4) is 0 Å². The van der Waals surface area contributed by atoms with E-state index in [9.17, 15) is 4.79 Å². The van der Waals surface area contributed by atoms with Gasteiger partial charge in [0.05, 0.1) is 24.4 Å². The summed E-state index contributed by atoms with van der Waals surface area (Å²) < 4.78 is 1.95. The molecule has 2 rings (SSSR count). The van der Waals surface area contributed by atoms with Crippen LogP contribution in [0.1, 0.15) is 48.8 Å².